The monoisotopic (exact) mass is 234 g/mol. The van der Waals surface area contributed by atoms with Gasteiger partial charge in [0.1, 0.15) is 0 Å². The van der Waals surface area contributed by atoms with E-state index in [2.05, 4.69) is 6.92 Å². The van der Waals surface area contributed by atoms with Gasteiger partial charge >= 0.3 is 59.0 Å². The normalized spacial score (nSPS) is 13.5. The Balaban J connectivity index is -0.000000605. The van der Waals surface area contributed by atoms with Crippen molar-refractivity contribution in [2.24, 2.45) is 0 Å². The first-order chi connectivity index (χ1) is 5.52. The second kappa shape index (κ2) is 9.04. The Labute approximate surface area is 125 Å². The quantitative estimate of drug-likeness (QED) is 0.375. The van der Waals surface area contributed by atoms with Crippen LogP contribution in [0.1, 0.15) is 47.4 Å². The van der Waals surface area contributed by atoms with E-state index in [0.717, 1.165) is 19.3 Å². The molecule has 0 radical (unpaired) electrons. The third-order valence-electron chi connectivity index (χ3n) is 2.09. The molecule has 0 aliphatic carbocycles. The molecular formula is C8H20KO3P. The molecular weight excluding hydrogens is 214 g/mol. The van der Waals surface area contributed by atoms with Crippen molar-refractivity contribution in [3.05, 3.63) is 0 Å². The zero-order valence-corrected chi connectivity index (χ0v) is 12.9. The predicted octanol–water partition coefficient (Wildman–Crippen LogP) is -0.361. The third-order valence-corrected chi connectivity index (χ3v) is 3.66. The Bertz CT molecular complexity index is 163. The molecule has 3 nitrogen and oxygen atoms in total. The Morgan fingerprint density at radius 1 is 1.31 bits per heavy atom. The molecule has 0 aromatic heterocycles. The molecule has 0 saturated heterocycles. The van der Waals surface area contributed by atoms with Crippen molar-refractivity contribution in [1.29, 1.82) is 0 Å². The number of hydrogen-bond donors (Lipinski definition) is 2. The number of unbranched alkanes of at least 4 members (excludes halogenated alkanes) is 2. The largest absolute Gasteiger partial charge is 1.00 e. The summed E-state index contributed by atoms with van der Waals surface area (Å²) in [5, 5.41) is 0. The van der Waals surface area contributed by atoms with Gasteiger partial charge in [-0.25, -0.2) is 0 Å². The SMILES string of the molecule is CCCCCC(CC)P(=O)(O)O.[H-].[K+]. The average molecular weight is 234 g/mol. The summed E-state index contributed by atoms with van der Waals surface area (Å²) in [6, 6.07) is 0. The van der Waals surface area contributed by atoms with Crippen LogP contribution in [0, 0.1) is 0 Å². The molecule has 76 valence electrons. The Morgan fingerprint density at radius 2 is 1.85 bits per heavy atom. The summed E-state index contributed by atoms with van der Waals surface area (Å²) in [6.07, 6.45) is 4.33. The summed E-state index contributed by atoms with van der Waals surface area (Å²) in [7, 11) is -3.82. The zero-order chi connectivity index (χ0) is 9.61. The minimum Gasteiger partial charge on any atom is -1.00 e. The Kier molecular flexibility index (Phi) is 12.0. The number of hydrogen-bond acceptors (Lipinski definition) is 1. The van der Waals surface area contributed by atoms with E-state index >= 15 is 0 Å². The van der Waals surface area contributed by atoms with E-state index in [0.29, 0.717) is 12.8 Å². The smallest absolute Gasteiger partial charge is 1.00 e. The molecule has 0 rings (SSSR count). The van der Waals surface area contributed by atoms with Crippen molar-refractivity contribution in [1.82, 2.24) is 0 Å². The van der Waals surface area contributed by atoms with Crippen LogP contribution < -0.4 is 51.4 Å². The minimum absolute atomic E-state index is 0. The van der Waals surface area contributed by atoms with Crippen LogP contribution in [0.25, 0.3) is 0 Å². The van der Waals surface area contributed by atoms with E-state index in [4.69, 9.17) is 9.79 Å². The summed E-state index contributed by atoms with van der Waals surface area (Å²) in [4.78, 5) is 17.8. The van der Waals surface area contributed by atoms with Crippen molar-refractivity contribution in [3.63, 3.8) is 0 Å². The molecule has 0 bridgehead atoms. The predicted molar refractivity (Wildman–Crippen MR) is 51.4 cm³/mol. The molecule has 0 aromatic carbocycles. The van der Waals surface area contributed by atoms with Crippen LogP contribution in [-0.2, 0) is 4.57 Å². The van der Waals surface area contributed by atoms with Gasteiger partial charge in [0.15, 0.2) is 0 Å². The fourth-order valence-corrected chi connectivity index (χ4v) is 2.23. The van der Waals surface area contributed by atoms with E-state index in [1.54, 1.807) is 0 Å². The van der Waals surface area contributed by atoms with Crippen LogP contribution in [0.3, 0.4) is 0 Å². The fourth-order valence-electron chi connectivity index (χ4n) is 1.24. The minimum atomic E-state index is -3.82. The number of rotatable bonds is 6. The first-order valence-corrected chi connectivity index (χ1v) is 6.25. The molecule has 0 aliphatic heterocycles. The summed E-state index contributed by atoms with van der Waals surface area (Å²) in [5.41, 5.74) is -0.413. The summed E-state index contributed by atoms with van der Waals surface area (Å²) < 4.78 is 10.9. The summed E-state index contributed by atoms with van der Waals surface area (Å²) in [5.74, 6) is 0. The van der Waals surface area contributed by atoms with Gasteiger partial charge in [0, 0.05) is 0 Å². The van der Waals surface area contributed by atoms with E-state index in [9.17, 15) is 4.57 Å². The van der Waals surface area contributed by atoms with Gasteiger partial charge in [-0.15, -0.1) is 0 Å². The van der Waals surface area contributed by atoms with Gasteiger partial charge in [-0.3, -0.25) is 4.57 Å². The molecule has 0 aliphatic rings. The molecule has 0 aromatic rings. The van der Waals surface area contributed by atoms with Gasteiger partial charge in [0.05, 0.1) is 5.66 Å². The first kappa shape index (κ1) is 17.2. The molecule has 1 unspecified atom stereocenters. The van der Waals surface area contributed by atoms with Crippen molar-refractivity contribution in [2.75, 3.05) is 0 Å². The van der Waals surface area contributed by atoms with Crippen LogP contribution in [0.4, 0.5) is 0 Å². The van der Waals surface area contributed by atoms with E-state index in [1.807, 2.05) is 6.92 Å². The van der Waals surface area contributed by atoms with E-state index < -0.39 is 13.3 Å². The average Bonchev–Trinajstić information content (AvgIpc) is 1.95. The van der Waals surface area contributed by atoms with Gasteiger partial charge in [-0.05, 0) is 12.8 Å². The molecule has 13 heavy (non-hydrogen) atoms. The topological polar surface area (TPSA) is 57.5 Å². The maximum absolute atomic E-state index is 10.9. The van der Waals surface area contributed by atoms with Crippen LogP contribution in [0.2, 0.25) is 0 Å². The zero-order valence-electron chi connectivity index (χ0n) is 9.86. The first-order valence-electron chi connectivity index (χ1n) is 4.57. The van der Waals surface area contributed by atoms with Gasteiger partial charge in [0.25, 0.3) is 0 Å². The molecule has 0 spiro atoms. The maximum atomic E-state index is 10.9. The molecule has 0 heterocycles. The molecule has 2 N–H and O–H groups in total. The second-order valence-electron chi connectivity index (χ2n) is 3.15. The van der Waals surface area contributed by atoms with Crippen molar-refractivity contribution >= 4 is 7.60 Å². The molecule has 0 fully saturated rings. The molecule has 0 amide bonds. The third kappa shape index (κ3) is 8.76. The van der Waals surface area contributed by atoms with Crippen molar-refractivity contribution < 1.29 is 67.2 Å². The second-order valence-corrected chi connectivity index (χ2v) is 5.06. The molecule has 0 saturated carbocycles. The standard InChI is InChI=1S/C8H19O3P.K.H/c1-3-5-6-7-8(4-2)12(9,10)11;;/h8H,3-7H2,1-2H3,(H2,9,10,11);;/q;+1;-1. The van der Waals surface area contributed by atoms with Crippen molar-refractivity contribution in [3.8, 4) is 0 Å². The Morgan fingerprint density at radius 3 is 2.15 bits per heavy atom. The summed E-state index contributed by atoms with van der Waals surface area (Å²) in [6.45, 7) is 3.91. The van der Waals surface area contributed by atoms with Crippen molar-refractivity contribution in [2.45, 2.75) is 51.6 Å². The van der Waals surface area contributed by atoms with Crippen LogP contribution in [-0.4, -0.2) is 15.4 Å². The maximum Gasteiger partial charge on any atom is 1.00 e. The van der Waals surface area contributed by atoms with Crippen LogP contribution in [0.5, 0.6) is 0 Å². The van der Waals surface area contributed by atoms with E-state index in [-0.39, 0.29) is 52.8 Å². The van der Waals surface area contributed by atoms with Gasteiger partial charge < -0.3 is 11.2 Å². The molecule has 1 atom stereocenters. The van der Waals surface area contributed by atoms with Crippen LogP contribution in [0.15, 0.2) is 0 Å². The fraction of sp³-hybridized carbons (Fsp3) is 1.00. The van der Waals surface area contributed by atoms with Crippen LogP contribution >= 0.6 is 7.60 Å². The van der Waals surface area contributed by atoms with Gasteiger partial charge in [0.2, 0.25) is 0 Å². The van der Waals surface area contributed by atoms with E-state index in [1.165, 1.54) is 0 Å². The molecule has 5 heteroatoms. The summed E-state index contributed by atoms with van der Waals surface area (Å²) >= 11 is 0. The Hall–Kier alpha value is 1.79. The van der Waals surface area contributed by atoms with Gasteiger partial charge in [-0.1, -0.05) is 33.1 Å². The van der Waals surface area contributed by atoms with Gasteiger partial charge in [-0.2, -0.15) is 0 Å².